The molecule has 0 aliphatic rings. The lowest BCUT2D eigenvalue weighted by molar-refractivity contribution is 0.582. The number of rotatable bonds is 7. The van der Waals surface area contributed by atoms with Crippen LogP contribution in [0.5, 0.6) is 0 Å². The number of aromatic nitrogens is 4. The van der Waals surface area contributed by atoms with Crippen LogP contribution < -0.4 is 10.0 Å². The molecule has 2 aromatic heterocycles. The SMILES string of the molecule is Cc1cc(C)n(-c2ccc(NCCNS(=O)(=O)c3cc(Cl)ccc3C)nn2)n1. The normalized spacial score (nSPS) is 11.6. The molecule has 3 rings (SSSR count). The van der Waals surface area contributed by atoms with Gasteiger partial charge >= 0.3 is 0 Å². The number of hydrogen-bond acceptors (Lipinski definition) is 6. The lowest BCUT2D eigenvalue weighted by atomic mass is 10.2. The molecule has 0 fully saturated rings. The van der Waals surface area contributed by atoms with Crippen LogP contribution in [0, 0.1) is 20.8 Å². The van der Waals surface area contributed by atoms with Crippen LogP contribution in [0.1, 0.15) is 17.0 Å². The van der Waals surface area contributed by atoms with Crippen molar-refractivity contribution in [2.75, 3.05) is 18.4 Å². The van der Waals surface area contributed by atoms with E-state index in [2.05, 4.69) is 25.3 Å². The van der Waals surface area contributed by atoms with E-state index in [9.17, 15) is 8.42 Å². The summed E-state index contributed by atoms with van der Waals surface area (Å²) in [5, 5.41) is 16.0. The zero-order valence-electron chi connectivity index (χ0n) is 15.8. The highest BCUT2D eigenvalue weighted by atomic mass is 35.5. The summed E-state index contributed by atoms with van der Waals surface area (Å²) in [6.07, 6.45) is 0. The number of sulfonamides is 1. The molecule has 10 heteroatoms. The second-order valence-corrected chi connectivity index (χ2v) is 8.52. The van der Waals surface area contributed by atoms with Crippen LogP contribution in [-0.4, -0.2) is 41.5 Å². The van der Waals surface area contributed by atoms with E-state index in [1.165, 1.54) is 6.07 Å². The molecule has 3 aromatic rings. The van der Waals surface area contributed by atoms with Crippen molar-refractivity contribution in [3.8, 4) is 5.82 Å². The summed E-state index contributed by atoms with van der Waals surface area (Å²) in [4.78, 5) is 0.175. The molecular weight excluding hydrogens is 400 g/mol. The van der Waals surface area contributed by atoms with Crippen molar-refractivity contribution in [1.29, 1.82) is 0 Å². The predicted molar refractivity (Wildman–Crippen MR) is 108 cm³/mol. The van der Waals surface area contributed by atoms with E-state index in [4.69, 9.17) is 11.6 Å². The van der Waals surface area contributed by atoms with Crippen LogP contribution in [0.3, 0.4) is 0 Å². The van der Waals surface area contributed by atoms with Gasteiger partial charge in [-0.2, -0.15) is 5.10 Å². The molecule has 0 saturated heterocycles. The largest absolute Gasteiger partial charge is 0.367 e. The van der Waals surface area contributed by atoms with Crippen LogP contribution in [0.25, 0.3) is 5.82 Å². The van der Waals surface area contributed by atoms with Crippen LogP contribution in [0.4, 0.5) is 5.82 Å². The molecule has 0 aliphatic heterocycles. The summed E-state index contributed by atoms with van der Waals surface area (Å²) in [5.41, 5.74) is 2.51. The Morgan fingerprint density at radius 3 is 2.46 bits per heavy atom. The number of nitrogens with zero attached hydrogens (tertiary/aromatic N) is 4. The topological polar surface area (TPSA) is 102 Å². The van der Waals surface area contributed by atoms with Crippen molar-refractivity contribution in [3.05, 3.63) is 58.4 Å². The highest BCUT2D eigenvalue weighted by Gasteiger charge is 2.16. The average molecular weight is 421 g/mol. The maximum Gasteiger partial charge on any atom is 0.240 e. The van der Waals surface area contributed by atoms with Crippen LogP contribution in [0.15, 0.2) is 41.3 Å². The molecule has 0 bridgehead atoms. The first kappa shape index (κ1) is 20.2. The van der Waals surface area contributed by atoms with Gasteiger partial charge in [0.2, 0.25) is 10.0 Å². The van der Waals surface area contributed by atoms with E-state index in [1.807, 2.05) is 19.9 Å². The third-order valence-corrected chi connectivity index (χ3v) is 5.88. The smallest absolute Gasteiger partial charge is 0.240 e. The molecule has 0 saturated carbocycles. The average Bonchev–Trinajstić information content (AvgIpc) is 2.99. The Kier molecular flexibility index (Phi) is 5.97. The Labute approximate surface area is 169 Å². The van der Waals surface area contributed by atoms with Gasteiger partial charge in [-0.1, -0.05) is 17.7 Å². The van der Waals surface area contributed by atoms with Gasteiger partial charge in [0.15, 0.2) is 5.82 Å². The van der Waals surface area contributed by atoms with E-state index in [-0.39, 0.29) is 11.4 Å². The van der Waals surface area contributed by atoms with Gasteiger partial charge in [0.1, 0.15) is 5.82 Å². The molecule has 0 atom stereocenters. The molecule has 0 aliphatic carbocycles. The van der Waals surface area contributed by atoms with Gasteiger partial charge in [0, 0.05) is 23.8 Å². The van der Waals surface area contributed by atoms with Gasteiger partial charge in [-0.15, -0.1) is 10.2 Å². The maximum absolute atomic E-state index is 12.4. The molecule has 0 amide bonds. The van der Waals surface area contributed by atoms with Gasteiger partial charge < -0.3 is 5.32 Å². The third kappa shape index (κ3) is 4.67. The zero-order chi connectivity index (χ0) is 20.3. The van der Waals surface area contributed by atoms with Crippen molar-refractivity contribution >= 4 is 27.4 Å². The van der Waals surface area contributed by atoms with Crippen molar-refractivity contribution < 1.29 is 8.42 Å². The molecule has 1 aromatic carbocycles. The summed E-state index contributed by atoms with van der Waals surface area (Å²) >= 11 is 5.91. The molecule has 148 valence electrons. The van der Waals surface area contributed by atoms with Crippen molar-refractivity contribution in [2.24, 2.45) is 0 Å². The second kappa shape index (κ2) is 8.26. The van der Waals surface area contributed by atoms with Crippen molar-refractivity contribution in [3.63, 3.8) is 0 Å². The van der Waals surface area contributed by atoms with Gasteiger partial charge in [0.05, 0.1) is 10.6 Å². The lowest BCUT2D eigenvalue weighted by Crippen LogP contribution is -2.29. The minimum atomic E-state index is -3.64. The number of nitrogens with one attached hydrogen (secondary N) is 2. The van der Waals surface area contributed by atoms with Gasteiger partial charge in [-0.05, 0) is 56.7 Å². The minimum Gasteiger partial charge on any atom is -0.367 e. The summed E-state index contributed by atoms with van der Waals surface area (Å²) in [5.74, 6) is 1.16. The lowest BCUT2D eigenvalue weighted by Gasteiger charge is -2.10. The van der Waals surface area contributed by atoms with E-state index in [0.29, 0.717) is 28.8 Å². The van der Waals surface area contributed by atoms with Gasteiger partial charge in [-0.3, -0.25) is 0 Å². The number of halogens is 1. The summed E-state index contributed by atoms with van der Waals surface area (Å²) in [6.45, 7) is 6.13. The molecule has 0 spiro atoms. The molecule has 0 unspecified atom stereocenters. The van der Waals surface area contributed by atoms with Crippen LogP contribution in [0.2, 0.25) is 5.02 Å². The Balaban J connectivity index is 1.56. The van der Waals surface area contributed by atoms with E-state index in [0.717, 1.165) is 11.4 Å². The van der Waals surface area contributed by atoms with Crippen molar-refractivity contribution in [1.82, 2.24) is 24.7 Å². The monoisotopic (exact) mass is 420 g/mol. The van der Waals surface area contributed by atoms with E-state index in [1.54, 1.807) is 35.9 Å². The fraction of sp³-hybridized carbons (Fsp3) is 0.278. The number of hydrogen-bond donors (Lipinski definition) is 2. The first-order chi connectivity index (χ1) is 13.3. The third-order valence-electron chi connectivity index (χ3n) is 4.04. The maximum atomic E-state index is 12.4. The zero-order valence-corrected chi connectivity index (χ0v) is 17.3. The van der Waals surface area contributed by atoms with E-state index >= 15 is 0 Å². The van der Waals surface area contributed by atoms with Crippen LogP contribution >= 0.6 is 11.6 Å². The highest BCUT2D eigenvalue weighted by molar-refractivity contribution is 7.89. The van der Waals surface area contributed by atoms with Gasteiger partial charge in [0.25, 0.3) is 0 Å². The number of benzene rings is 1. The summed E-state index contributed by atoms with van der Waals surface area (Å²) in [7, 11) is -3.64. The molecule has 28 heavy (non-hydrogen) atoms. The Hall–Kier alpha value is -2.49. The minimum absolute atomic E-state index is 0.175. The molecule has 2 heterocycles. The quantitative estimate of drug-likeness (QED) is 0.570. The fourth-order valence-electron chi connectivity index (χ4n) is 2.71. The van der Waals surface area contributed by atoms with Crippen LogP contribution in [-0.2, 0) is 10.0 Å². The molecular formula is C18H21ClN6O2S. The van der Waals surface area contributed by atoms with Gasteiger partial charge in [-0.25, -0.2) is 17.8 Å². The standard InChI is InChI=1S/C18H21ClN6O2S/c1-12-4-5-15(19)11-16(12)28(26,27)21-9-8-20-17-6-7-18(23-22-17)25-14(3)10-13(2)24-25/h4-7,10-11,21H,8-9H2,1-3H3,(H,20,22). The fourth-order valence-corrected chi connectivity index (χ4v) is 4.25. The van der Waals surface area contributed by atoms with E-state index < -0.39 is 10.0 Å². The molecule has 2 N–H and O–H groups in total. The number of aryl methyl sites for hydroxylation is 3. The summed E-state index contributed by atoms with van der Waals surface area (Å²) in [6, 6.07) is 10.3. The highest BCUT2D eigenvalue weighted by Crippen LogP contribution is 2.19. The Morgan fingerprint density at radius 2 is 1.82 bits per heavy atom. The number of anilines is 1. The van der Waals surface area contributed by atoms with Crippen molar-refractivity contribution in [2.45, 2.75) is 25.7 Å². The Bertz CT molecular complexity index is 1080. The Morgan fingerprint density at radius 1 is 1.04 bits per heavy atom. The molecule has 8 nitrogen and oxygen atoms in total. The first-order valence-electron chi connectivity index (χ1n) is 8.63. The second-order valence-electron chi connectivity index (χ2n) is 6.35. The summed E-state index contributed by atoms with van der Waals surface area (Å²) < 4.78 is 29.1. The molecule has 0 radical (unpaired) electrons. The predicted octanol–water partition coefficient (Wildman–Crippen LogP) is 2.63. The first-order valence-corrected chi connectivity index (χ1v) is 10.5.